The van der Waals surface area contributed by atoms with Crippen molar-refractivity contribution in [1.29, 1.82) is 0 Å². The lowest BCUT2D eigenvalue weighted by Crippen LogP contribution is -2.46. The molecule has 4 heteroatoms. The summed E-state index contributed by atoms with van der Waals surface area (Å²) in [5.74, 6) is 1.12. The number of hydrogen-bond acceptors (Lipinski definition) is 2. The van der Waals surface area contributed by atoms with Gasteiger partial charge >= 0.3 is 0 Å². The molecule has 1 saturated heterocycles. The number of carbonyl (C=O) groups is 1. The van der Waals surface area contributed by atoms with Crippen LogP contribution in [-0.2, 0) is 4.79 Å². The Morgan fingerprint density at radius 1 is 1.31 bits per heavy atom. The first-order chi connectivity index (χ1) is 7.02. The quantitative estimate of drug-likeness (QED) is 0.813. The molecule has 1 heterocycles. The van der Waals surface area contributed by atoms with Crippen molar-refractivity contribution >= 4 is 18.3 Å². The maximum Gasteiger partial charge on any atom is 0.239 e. The number of nitrogens with two attached hydrogens (primary N) is 1. The molecular weight excluding hydrogens is 224 g/mol. The lowest BCUT2D eigenvalue weighted by atomic mass is 10.0. The summed E-state index contributed by atoms with van der Waals surface area (Å²) in [6.07, 6.45) is 3.48. The number of rotatable bonds is 2. The number of amides is 1. The van der Waals surface area contributed by atoms with Crippen molar-refractivity contribution in [3.05, 3.63) is 0 Å². The molecule has 1 rings (SSSR count). The Hall–Kier alpha value is -0.280. The minimum absolute atomic E-state index is 0. The molecule has 1 fully saturated rings. The summed E-state index contributed by atoms with van der Waals surface area (Å²) in [4.78, 5) is 14.0. The molecule has 1 aliphatic heterocycles. The van der Waals surface area contributed by atoms with Gasteiger partial charge in [0.25, 0.3) is 0 Å². The molecule has 3 nitrogen and oxygen atoms in total. The van der Waals surface area contributed by atoms with Crippen LogP contribution in [0.25, 0.3) is 0 Å². The predicted molar refractivity (Wildman–Crippen MR) is 69.7 cm³/mol. The highest BCUT2D eigenvalue weighted by Crippen LogP contribution is 2.17. The van der Waals surface area contributed by atoms with E-state index in [1.165, 1.54) is 6.42 Å². The smallest absolute Gasteiger partial charge is 0.239 e. The number of carbonyl (C=O) groups excluding carboxylic acids is 1. The third-order valence-electron chi connectivity index (χ3n) is 3.33. The molecule has 16 heavy (non-hydrogen) atoms. The number of hydrogen-bond donors (Lipinski definition) is 1. The van der Waals surface area contributed by atoms with Gasteiger partial charge in [0.2, 0.25) is 5.91 Å². The van der Waals surface area contributed by atoms with Gasteiger partial charge in [0.05, 0.1) is 6.04 Å². The molecule has 1 aliphatic rings. The van der Waals surface area contributed by atoms with E-state index in [0.717, 1.165) is 31.8 Å². The van der Waals surface area contributed by atoms with Crippen molar-refractivity contribution in [3.8, 4) is 0 Å². The molecule has 0 aromatic rings. The van der Waals surface area contributed by atoms with Crippen molar-refractivity contribution in [2.75, 3.05) is 13.1 Å². The van der Waals surface area contributed by atoms with Crippen LogP contribution in [0.15, 0.2) is 0 Å². The van der Waals surface area contributed by atoms with Gasteiger partial charge in [-0.1, -0.05) is 20.8 Å². The highest BCUT2D eigenvalue weighted by molar-refractivity contribution is 5.85. The molecule has 2 N–H and O–H groups in total. The largest absolute Gasteiger partial charge is 0.341 e. The first-order valence-corrected chi connectivity index (χ1v) is 6.06. The summed E-state index contributed by atoms with van der Waals surface area (Å²) in [6, 6.07) is -0.321. The average molecular weight is 249 g/mol. The van der Waals surface area contributed by atoms with E-state index in [1.807, 2.05) is 18.7 Å². The van der Waals surface area contributed by atoms with Gasteiger partial charge in [0.15, 0.2) is 0 Å². The van der Waals surface area contributed by atoms with Gasteiger partial charge in [-0.25, -0.2) is 0 Å². The van der Waals surface area contributed by atoms with Crippen molar-refractivity contribution in [3.63, 3.8) is 0 Å². The van der Waals surface area contributed by atoms with Crippen LogP contribution < -0.4 is 5.73 Å². The van der Waals surface area contributed by atoms with E-state index in [2.05, 4.69) is 6.92 Å². The van der Waals surface area contributed by atoms with Crippen LogP contribution in [0.2, 0.25) is 0 Å². The minimum Gasteiger partial charge on any atom is -0.341 e. The first-order valence-electron chi connectivity index (χ1n) is 6.06. The van der Waals surface area contributed by atoms with Crippen molar-refractivity contribution in [2.24, 2.45) is 17.6 Å². The van der Waals surface area contributed by atoms with Crippen molar-refractivity contribution in [2.45, 2.75) is 46.1 Å². The van der Waals surface area contributed by atoms with Gasteiger partial charge in [-0.2, -0.15) is 0 Å². The number of halogens is 1. The third kappa shape index (κ3) is 4.30. The van der Waals surface area contributed by atoms with E-state index < -0.39 is 0 Å². The molecular formula is C12H25ClN2O. The molecule has 0 aliphatic carbocycles. The maximum absolute atomic E-state index is 12.0. The molecule has 0 aromatic carbocycles. The minimum atomic E-state index is -0.321. The fourth-order valence-corrected chi connectivity index (χ4v) is 1.98. The summed E-state index contributed by atoms with van der Waals surface area (Å²) in [5.41, 5.74) is 5.89. The summed E-state index contributed by atoms with van der Waals surface area (Å²) >= 11 is 0. The Morgan fingerprint density at radius 2 is 1.94 bits per heavy atom. The molecule has 96 valence electrons. The highest BCUT2D eigenvalue weighted by Gasteiger charge is 2.24. The van der Waals surface area contributed by atoms with Gasteiger partial charge in [0.1, 0.15) is 0 Å². The zero-order valence-electron chi connectivity index (χ0n) is 10.6. The Morgan fingerprint density at radius 3 is 2.50 bits per heavy atom. The standard InChI is InChI=1S/C12H24N2O.ClH/c1-9(2)11(13)12(15)14-7-4-5-10(3)6-8-14;/h9-11H,4-8,13H2,1-3H3;1H. The van der Waals surface area contributed by atoms with E-state index in [-0.39, 0.29) is 30.3 Å². The van der Waals surface area contributed by atoms with E-state index in [0.29, 0.717) is 0 Å². The summed E-state index contributed by atoms with van der Waals surface area (Å²) in [6.45, 7) is 8.05. The number of likely N-dealkylation sites (tertiary alicyclic amines) is 1. The summed E-state index contributed by atoms with van der Waals surface area (Å²) in [5, 5.41) is 0. The molecule has 2 atom stereocenters. The van der Waals surface area contributed by atoms with Gasteiger partial charge in [-0.15, -0.1) is 12.4 Å². The predicted octanol–water partition coefficient (Wildman–Crippen LogP) is 2.04. The lowest BCUT2D eigenvalue weighted by Gasteiger charge is -2.25. The Balaban J connectivity index is 0.00000225. The maximum atomic E-state index is 12.0. The second-order valence-electron chi connectivity index (χ2n) is 5.13. The molecule has 0 bridgehead atoms. The van der Waals surface area contributed by atoms with Crippen LogP contribution in [0.5, 0.6) is 0 Å². The number of nitrogens with zero attached hydrogens (tertiary/aromatic N) is 1. The summed E-state index contributed by atoms with van der Waals surface area (Å²) < 4.78 is 0. The monoisotopic (exact) mass is 248 g/mol. The average Bonchev–Trinajstić information content (AvgIpc) is 2.40. The second kappa shape index (κ2) is 7.13. The van der Waals surface area contributed by atoms with Crippen LogP contribution in [0.1, 0.15) is 40.0 Å². The Bertz CT molecular complexity index is 221. The molecule has 0 aromatic heterocycles. The lowest BCUT2D eigenvalue weighted by molar-refractivity contribution is -0.133. The molecule has 0 saturated carbocycles. The summed E-state index contributed by atoms with van der Waals surface area (Å²) in [7, 11) is 0. The molecule has 2 unspecified atom stereocenters. The van der Waals surface area contributed by atoms with E-state index in [1.54, 1.807) is 0 Å². The van der Waals surface area contributed by atoms with Crippen molar-refractivity contribution < 1.29 is 4.79 Å². The van der Waals surface area contributed by atoms with E-state index in [9.17, 15) is 4.79 Å². The third-order valence-corrected chi connectivity index (χ3v) is 3.33. The fraction of sp³-hybridized carbons (Fsp3) is 0.917. The van der Waals surface area contributed by atoms with Crippen LogP contribution in [-0.4, -0.2) is 29.9 Å². The molecule has 1 amide bonds. The molecule has 0 spiro atoms. The second-order valence-corrected chi connectivity index (χ2v) is 5.13. The van der Waals surface area contributed by atoms with E-state index >= 15 is 0 Å². The Labute approximate surface area is 105 Å². The van der Waals surface area contributed by atoms with Crippen LogP contribution in [0, 0.1) is 11.8 Å². The Kier molecular flexibility index (Phi) is 7.00. The van der Waals surface area contributed by atoms with E-state index in [4.69, 9.17) is 5.73 Å². The zero-order chi connectivity index (χ0) is 11.4. The van der Waals surface area contributed by atoms with Gasteiger partial charge in [-0.05, 0) is 31.1 Å². The molecule has 0 radical (unpaired) electrons. The van der Waals surface area contributed by atoms with Crippen LogP contribution >= 0.6 is 12.4 Å². The van der Waals surface area contributed by atoms with Gasteiger partial charge in [-0.3, -0.25) is 4.79 Å². The first kappa shape index (κ1) is 15.7. The van der Waals surface area contributed by atoms with Crippen LogP contribution in [0.4, 0.5) is 0 Å². The fourth-order valence-electron chi connectivity index (χ4n) is 1.98. The topological polar surface area (TPSA) is 46.3 Å². The van der Waals surface area contributed by atoms with Crippen LogP contribution in [0.3, 0.4) is 0 Å². The zero-order valence-corrected chi connectivity index (χ0v) is 11.4. The van der Waals surface area contributed by atoms with Gasteiger partial charge in [0, 0.05) is 13.1 Å². The van der Waals surface area contributed by atoms with Gasteiger partial charge < -0.3 is 10.6 Å². The highest BCUT2D eigenvalue weighted by atomic mass is 35.5. The SMILES string of the molecule is CC1CCCN(C(=O)C(N)C(C)C)CC1.Cl. The van der Waals surface area contributed by atoms with Crippen molar-refractivity contribution in [1.82, 2.24) is 4.90 Å². The normalized spacial score (nSPS) is 23.6.